The van der Waals surface area contributed by atoms with E-state index in [1.165, 1.54) is 27.3 Å². The molecule has 0 aliphatic rings. The Kier molecular flexibility index (Phi) is 36.5. The first-order valence-corrected chi connectivity index (χ1v) is 25.8. The Morgan fingerprint density at radius 2 is 0.706 bits per heavy atom. The largest absolute Gasteiger partial charge is 0.379 e. The van der Waals surface area contributed by atoms with Crippen LogP contribution in [0.3, 0.4) is 0 Å². The van der Waals surface area contributed by atoms with Crippen molar-refractivity contribution < 1.29 is 229 Å². The molecular formula is C78H50Y7-14. The minimum Gasteiger partial charge on any atom is -0.379 e. The van der Waals surface area contributed by atoms with Gasteiger partial charge in [0.15, 0.2) is 0 Å². The Labute approximate surface area is 682 Å². The van der Waals surface area contributed by atoms with Gasteiger partial charge in [-0.25, -0.2) is 42.0 Å². The van der Waals surface area contributed by atoms with Crippen molar-refractivity contribution in [3.05, 3.63) is 338 Å². The van der Waals surface area contributed by atoms with Crippen LogP contribution in [0, 0.1) is 113 Å². The molecule has 0 saturated carbocycles. The van der Waals surface area contributed by atoms with Crippen LogP contribution in [0.1, 0.15) is 22.3 Å². The fourth-order valence-electron chi connectivity index (χ4n) is 9.07. The van der Waals surface area contributed by atoms with Crippen molar-refractivity contribution in [2.75, 3.05) is 0 Å². The first-order valence-electron chi connectivity index (χ1n) is 25.8. The molecule has 0 N–H and O–H groups in total. The minimum atomic E-state index is 0. The van der Waals surface area contributed by atoms with E-state index in [1.807, 2.05) is 153 Å². The molecule has 0 heterocycles. The normalized spacial score (nSPS) is 9.69. The Morgan fingerprint density at radius 1 is 0.259 bits per heavy atom. The smallest absolute Gasteiger partial charge is 0 e. The summed E-state index contributed by atoms with van der Waals surface area (Å²) in [7, 11) is 0. The molecule has 0 nitrogen and oxygen atoms in total. The molecule has 13 aromatic rings. The van der Waals surface area contributed by atoms with Gasteiger partial charge in [-0.3, -0.25) is 40.5 Å². The summed E-state index contributed by atoms with van der Waals surface area (Å²) in [5, 5.41) is 4.94. The Balaban J connectivity index is 0.000000289. The van der Waals surface area contributed by atoms with Crippen molar-refractivity contribution in [2.24, 2.45) is 0 Å². The number of hydrogen-bond donors (Lipinski definition) is 0. The molecule has 0 aliphatic carbocycles. The Bertz CT molecular complexity index is 3910. The van der Waals surface area contributed by atoms with Gasteiger partial charge in [-0.05, 0) is 6.92 Å². The van der Waals surface area contributed by atoms with Crippen molar-refractivity contribution in [3.63, 3.8) is 0 Å². The maximum atomic E-state index is 3.58. The second-order valence-electron chi connectivity index (χ2n) is 18.6. The molecule has 0 aromatic heterocycles. The van der Waals surface area contributed by atoms with Gasteiger partial charge >= 0.3 is 0 Å². The average molecular weight is 1610 g/mol. The van der Waals surface area contributed by atoms with Gasteiger partial charge in [0.25, 0.3) is 0 Å². The summed E-state index contributed by atoms with van der Waals surface area (Å²) in [5.74, 6) is 0. The zero-order chi connectivity index (χ0) is 53.5. The molecule has 0 saturated heterocycles. The van der Waals surface area contributed by atoms with Crippen LogP contribution in [0.25, 0.3) is 99.4 Å². The van der Waals surface area contributed by atoms with Gasteiger partial charge < -0.3 is 81.4 Å². The van der Waals surface area contributed by atoms with Crippen LogP contribution in [0.2, 0.25) is 0 Å². The molecule has 397 valence electrons. The van der Waals surface area contributed by atoms with Crippen LogP contribution in [0.15, 0.2) is 231 Å². The van der Waals surface area contributed by atoms with Gasteiger partial charge in [-0.2, -0.15) is 89.0 Å². The van der Waals surface area contributed by atoms with E-state index in [0.717, 1.165) is 94.4 Å². The van der Waals surface area contributed by atoms with Crippen molar-refractivity contribution >= 4 is 21.5 Å². The molecule has 7 radical (unpaired) electrons. The van der Waals surface area contributed by atoms with Gasteiger partial charge in [0, 0.05) is 229 Å². The predicted octanol–water partition coefficient (Wildman–Crippen LogP) is 19.1. The molecule has 13 rings (SSSR count). The van der Waals surface area contributed by atoms with Crippen LogP contribution < -0.4 is 0 Å². The number of hydrogen-bond acceptors (Lipinski definition) is 0. The summed E-state index contributed by atoms with van der Waals surface area (Å²) in [6, 6.07) is 123. The molecular weight excluding hydrogens is 1560 g/mol. The number of fused-ring (bicyclic) bond motifs is 3. The van der Waals surface area contributed by atoms with Gasteiger partial charge in [-0.1, -0.05) is 66.6 Å². The SMILES string of the molecule is Cc1[c-]c(-c2[c-]cccc2)cc(-c2[c-]cccc2)[c-]1.Cc1c(-c2[c-]cccc2)[c-]c[c-]c1-c1[c-]cccc1.Cc1c[c-]c(-c2[c-]ccc(-c3[c-]cccc3)[c-]2)cc1.Cc1ccc2c(c1)c(-c1[c-]cccc1)[c-]c1ccccc12.[Y].[Y].[Y].[Y].[Y].[Y].[Y]. The van der Waals surface area contributed by atoms with Gasteiger partial charge in [0.05, 0.1) is 0 Å². The van der Waals surface area contributed by atoms with Gasteiger partial charge in [0.1, 0.15) is 0 Å². The quantitative estimate of drug-likeness (QED) is 0.110. The van der Waals surface area contributed by atoms with Crippen molar-refractivity contribution in [1.29, 1.82) is 0 Å². The van der Waals surface area contributed by atoms with E-state index in [1.54, 1.807) is 0 Å². The van der Waals surface area contributed by atoms with E-state index >= 15 is 0 Å². The monoisotopic (exact) mass is 1610 g/mol. The zero-order valence-electron chi connectivity index (χ0n) is 48.0. The van der Waals surface area contributed by atoms with E-state index in [2.05, 4.69) is 191 Å². The molecule has 0 spiro atoms. The number of benzene rings is 13. The average Bonchev–Trinajstić information content (AvgIpc) is 3.70. The zero-order valence-corrected chi connectivity index (χ0v) is 67.8. The topological polar surface area (TPSA) is 0 Å². The minimum absolute atomic E-state index is 0. The second kappa shape index (κ2) is 40.1. The van der Waals surface area contributed by atoms with E-state index in [0.29, 0.717) is 0 Å². The molecule has 0 atom stereocenters. The van der Waals surface area contributed by atoms with E-state index < -0.39 is 0 Å². The summed E-state index contributed by atoms with van der Waals surface area (Å²) in [6.45, 7) is 8.30. The Morgan fingerprint density at radius 3 is 1.18 bits per heavy atom. The molecule has 0 fully saturated rings. The third-order valence-corrected chi connectivity index (χ3v) is 12.9. The summed E-state index contributed by atoms with van der Waals surface area (Å²) < 4.78 is 0. The molecule has 0 unspecified atom stereocenters. The first kappa shape index (κ1) is 77.4. The maximum absolute atomic E-state index is 3.58. The fraction of sp³-hybridized carbons (Fsp3) is 0.0513. The standard InChI is InChI=1S/C21H14.3C19H12.7Y/c1-15-11-12-19-18-10-6-5-9-17(18)14-20(21(19)13-15)16-7-3-2-4-8-16;1-15-18(16-9-4-2-5-10-16)13-8-14-19(15)17-11-6-3-7-12-17;1-15-12-18(16-8-4-2-5-9-16)14-19(13-15)17-10-6-3-7-11-17;1-15-10-12-17(13-11-15)19-9-5-8-18(14-19)16-6-3-2-4-7-16;;;;;;;/h2-7,9-13H,1H3;2-9,11H,1H3;2-8,10,14H,1H3;2-6,8,10-12H,1H3;;;;;;;/q-2;3*-4;;;;;;;. The summed E-state index contributed by atoms with van der Waals surface area (Å²) in [4.78, 5) is 0. The van der Waals surface area contributed by atoms with Crippen LogP contribution in [0.4, 0.5) is 0 Å². The third kappa shape index (κ3) is 21.6. The van der Waals surface area contributed by atoms with Crippen LogP contribution in [-0.2, 0) is 229 Å². The van der Waals surface area contributed by atoms with E-state index in [-0.39, 0.29) is 229 Å². The maximum Gasteiger partial charge on any atom is 0 e. The summed E-state index contributed by atoms with van der Waals surface area (Å²) in [5.41, 5.74) is 19.4. The van der Waals surface area contributed by atoms with Crippen LogP contribution in [0.5, 0.6) is 0 Å². The summed E-state index contributed by atoms with van der Waals surface area (Å²) >= 11 is 0. The second-order valence-corrected chi connectivity index (χ2v) is 18.6. The first-order chi connectivity index (χ1) is 38.3. The van der Waals surface area contributed by atoms with Crippen molar-refractivity contribution in [3.8, 4) is 77.9 Å². The van der Waals surface area contributed by atoms with Crippen molar-refractivity contribution in [1.82, 2.24) is 0 Å². The fourth-order valence-corrected chi connectivity index (χ4v) is 9.07. The molecule has 0 bridgehead atoms. The molecule has 13 aromatic carbocycles. The van der Waals surface area contributed by atoms with Crippen LogP contribution >= 0.6 is 0 Å². The summed E-state index contributed by atoms with van der Waals surface area (Å²) in [6.07, 6.45) is 0. The van der Waals surface area contributed by atoms with Gasteiger partial charge in [-0.15, -0.1) is 139 Å². The van der Waals surface area contributed by atoms with E-state index in [9.17, 15) is 0 Å². The molecule has 85 heavy (non-hydrogen) atoms. The predicted molar refractivity (Wildman–Crippen MR) is 321 cm³/mol. The molecule has 7 heteroatoms. The molecule has 0 aliphatic heterocycles. The van der Waals surface area contributed by atoms with Gasteiger partial charge in [0.2, 0.25) is 0 Å². The van der Waals surface area contributed by atoms with E-state index in [4.69, 9.17) is 0 Å². The number of aryl methyl sites for hydroxylation is 3. The third-order valence-electron chi connectivity index (χ3n) is 12.9. The van der Waals surface area contributed by atoms with Crippen molar-refractivity contribution in [2.45, 2.75) is 27.7 Å². The molecule has 0 amide bonds. The number of rotatable bonds is 7. The Hall–Kier alpha value is -1.89. The van der Waals surface area contributed by atoms with Crippen LogP contribution in [-0.4, -0.2) is 0 Å².